The molecule has 0 spiro atoms. The number of anilines is 1. The maximum atomic E-state index is 5.94. The van der Waals surface area contributed by atoms with Crippen molar-refractivity contribution in [1.82, 2.24) is 0 Å². The van der Waals surface area contributed by atoms with E-state index in [2.05, 4.69) is 5.32 Å². The molecule has 0 amide bonds. The minimum Gasteiger partial charge on any atom is -0.489 e. The first-order valence-corrected chi connectivity index (χ1v) is 9.08. The van der Waals surface area contributed by atoms with Crippen LogP contribution in [0.1, 0.15) is 19.8 Å². The second-order valence-electron chi connectivity index (χ2n) is 6.21. The van der Waals surface area contributed by atoms with Gasteiger partial charge in [0.05, 0.1) is 18.3 Å². The number of hydrogen-bond acceptors (Lipinski definition) is 4. The normalized spacial score (nSPS) is 17.9. The Hall–Kier alpha value is -1.91. The molecule has 2 unspecified atom stereocenters. The highest BCUT2D eigenvalue weighted by atomic mass is 35.5. The Balaban J connectivity index is 1.50. The molecule has 0 bridgehead atoms. The van der Waals surface area contributed by atoms with E-state index < -0.39 is 0 Å². The quantitative estimate of drug-likeness (QED) is 0.734. The highest BCUT2D eigenvalue weighted by molar-refractivity contribution is 6.30. The van der Waals surface area contributed by atoms with Gasteiger partial charge in [-0.25, -0.2) is 0 Å². The average Bonchev–Trinajstić information content (AvgIpc) is 3.14. The van der Waals surface area contributed by atoms with Crippen LogP contribution >= 0.6 is 11.6 Å². The van der Waals surface area contributed by atoms with Crippen molar-refractivity contribution in [2.24, 2.45) is 0 Å². The number of halogens is 1. The molecule has 0 aliphatic carbocycles. The number of para-hydroxylation sites is 2. The van der Waals surface area contributed by atoms with Crippen molar-refractivity contribution in [3.63, 3.8) is 0 Å². The highest BCUT2D eigenvalue weighted by Crippen LogP contribution is 2.25. The molecule has 1 N–H and O–H groups in total. The molecule has 2 aromatic carbocycles. The van der Waals surface area contributed by atoms with Crippen LogP contribution in [-0.2, 0) is 4.74 Å². The third-order valence-electron chi connectivity index (χ3n) is 4.07. The predicted octanol–water partition coefficient (Wildman–Crippen LogP) is 4.78. The van der Waals surface area contributed by atoms with Crippen molar-refractivity contribution in [3.05, 3.63) is 53.6 Å². The Kier molecular flexibility index (Phi) is 6.42. The number of ether oxygens (including phenoxy) is 3. The van der Waals surface area contributed by atoms with Crippen molar-refractivity contribution in [2.45, 2.75) is 32.0 Å². The molecule has 1 saturated heterocycles. The van der Waals surface area contributed by atoms with E-state index in [0.29, 0.717) is 18.2 Å². The van der Waals surface area contributed by atoms with Gasteiger partial charge in [0.15, 0.2) is 0 Å². The second-order valence-corrected chi connectivity index (χ2v) is 6.64. The van der Waals surface area contributed by atoms with Crippen molar-refractivity contribution < 1.29 is 14.2 Å². The summed E-state index contributed by atoms with van der Waals surface area (Å²) in [5, 5.41) is 4.11. The van der Waals surface area contributed by atoms with Crippen LogP contribution in [-0.4, -0.2) is 32.0 Å². The monoisotopic (exact) mass is 361 g/mol. The second kappa shape index (κ2) is 8.97. The van der Waals surface area contributed by atoms with Gasteiger partial charge in [-0.15, -0.1) is 0 Å². The van der Waals surface area contributed by atoms with Crippen LogP contribution in [0, 0.1) is 0 Å². The van der Waals surface area contributed by atoms with Gasteiger partial charge in [0.1, 0.15) is 24.2 Å². The molecular weight excluding hydrogens is 338 g/mol. The first kappa shape index (κ1) is 17.9. The topological polar surface area (TPSA) is 39.7 Å². The maximum Gasteiger partial charge on any atom is 0.142 e. The Morgan fingerprint density at radius 1 is 1.20 bits per heavy atom. The summed E-state index contributed by atoms with van der Waals surface area (Å²) in [7, 11) is 0. The summed E-state index contributed by atoms with van der Waals surface area (Å²) in [6.45, 7) is 4.13. The maximum absolute atomic E-state index is 5.94. The third-order valence-corrected chi connectivity index (χ3v) is 4.32. The molecule has 1 heterocycles. The molecule has 134 valence electrons. The molecule has 0 aromatic heterocycles. The SMILES string of the molecule is CC(CNc1ccccc1OCC1CCCO1)Oc1ccc(Cl)cc1. The first-order valence-electron chi connectivity index (χ1n) is 8.70. The molecule has 0 saturated carbocycles. The molecule has 2 atom stereocenters. The van der Waals surface area contributed by atoms with Gasteiger partial charge in [-0.3, -0.25) is 0 Å². The lowest BCUT2D eigenvalue weighted by Crippen LogP contribution is -2.23. The minimum atomic E-state index is 0.00685. The summed E-state index contributed by atoms with van der Waals surface area (Å²) in [4.78, 5) is 0. The molecule has 25 heavy (non-hydrogen) atoms. The van der Waals surface area contributed by atoms with Crippen LogP contribution in [0.2, 0.25) is 5.02 Å². The molecular formula is C20H24ClNO3. The minimum absolute atomic E-state index is 0.00685. The number of rotatable bonds is 8. The molecule has 1 aliphatic heterocycles. The number of benzene rings is 2. The fraction of sp³-hybridized carbons (Fsp3) is 0.400. The van der Waals surface area contributed by atoms with Crippen molar-refractivity contribution in [3.8, 4) is 11.5 Å². The van der Waals surface area contributed by atoms with E-state index in [-0.39, 0.29) is 12.2 Å². The van der Waals surface area contributed by atoms with Crippen LogP contribution < -0.4 is 14.8 Å². The Morgan fingerprint density at radius 3 is 2.76 bits per heavy atom. The van der Waals surface area contributed by atoms with Crippen LogP contribution in [0.4, 0.5) is 5.69 Å². The molecule has 3 rings (SSSR count). The highest BCUT2D eigenvalue weighted by Gasteiger charge is 2.16. The standard InChI is InChI=1S/C20H24ClNO3/c1-15(25-17-10-8-16(21)9-11-17)13-22-19-6-2-3-7-20(19)24-14-18-5-4-12-23-18/h2-3,6-11,15,18,22H,4-5,12-14H2,1H3. The lowest BCUT2D eigenvalue weighted by atomic mass is 10.2. The smallest absolute Gasteiger partial charge is 0.142 e. The summed E-state index contributed by atoms with van der Waals surface area (Å²) in [6, 6.07) is 15.4. The summed E-state index contributed by atoms with van der Waals surface area (Å²) >= 11 is 5.89. The van der Waals surface area contributed by atoms with Crippen molar-refractivity contribution in [2.75, 3.05) is 25.1 Å². The molecule has 0 radical (unpaired) electrons. The molecule has 4 nitrogen and oxygen atoms in total. The predicted molar refractivity (Wildman–Crippen MR) is 101 cm³/mol. The van der Waals surface area contributed by atoms with Gasteiger partial charge in [-0.1, -0.05) is 23.7 Å². The van der Waals surface area contributed by atoms with Gasteiger partial charge < -0.3 is 19.5 Å². The number of nitrogens with one attached hydrogen (secondary N) is 1. The molecule has 1 aliphatic rings. The average molecular weight is 362 g/mol. The van der Waals surface area contributed by atoms with Gasteiger partial charge in [-0.2, -0.15) is 0 Å². The molecule has 1 fully saturated rings. The van der Waals surface area contributed by atoms with Crippen molar-refractivity contribution >= 4 is 17.3 Å². The lowest BCUT2D eigenvalue weighted by molar-refractivity contribution is 0.0682. The zero-order chi connectivity index (χ0) is 17.5. The van der Waals surface area contributed by atoms with E-state index in [1.165, 1.54) is 0 Å². The van der Waals surface area contributed by atoms with Crippen molar-refractivity contribution in [1.29, 1.82) is 0 Å². The van der Waals surface area contributed by atoms with E-state index in [9.17, 15) is 0 Å². The van der Waals surface area contributed by atoms with Gasteiger partial charge in [-0.05, 0) is 56.2 Å². The van der Waals surface area contributed by atoms with Gasteiger partial charge in [0.2, 0.25) is 0 Å². The van der Waals surface area contributed by atoms with E-state index >= 15 is 0 Å². The van der Waals surface area contributed by atoms with Gasteiger partial charge in [0, 0.05) is 11.6 Å². The van der Waals surface area contributed by atoms with E-state index in [0.717, 1.165) is 36.6 Å². The Bertz CT molecular complexity index is 656. The van der Waals surface area contributed by atoms with Gasteiger partial charge >= 0.3 is 0 Å². The fourth-order valence-electron chi connectivity index (χ4n) is 2.74. The zero-order valence-corrected chi connectivity index (χ0v) is 15.2. The van der Waals surface area contributed by atoms with Crippen LogP contribution in [0.25, 0.3) is 0 Å². The van der Waals surface area contributed by atoms with Gasteiger partial charge in [0.25, 0.3) is 0 Å². The molecule has 2 aromatic rings. The zero-order valence-electron chi connectivity index (χ0n) is 14.4. The summed E-state index contributed by atoms with van der Waals surface area (Å²) in [6.07, 6.45) is 2.40. The van der Waals surface area contributed by atoms with E-state index in [1.54, 1.807) is 0 Å². The summed E-state index contributed by atoms with van der Waals surface area (Å²) in [5.41, 5.74) is 0.965. The molecule has 5 heteroatoms. The Labute approximate surface area is 154 Å². The summed E-state index contributed by atoms with van der Waals surface area (Å²) < 4.78 is 17.4. The van der Waals surface area contributed by atoms with E-state index in [4.69, 9.17) is 25.8 Å². The third kappa shape index (κ3) is 5.55. The van der Waals surface area contributed by atoms with Crippen LogP contribution in [0.15, 0.2) is 48.5 Å². The Morgan fingerprint density at radius 2 is 2.00 bits per heavy atom. The fourth-order valence-corrected chi connectivity index (χ4v) is 2.86. The number of hydrogen-bond donors (Lipinski definition) is 1. The largest absolute Gasteiger partial charge is 0.489 e. The lowest BCUT2D eigenvalue weighted by Gasteiger charge is -2.19. The summed E-state index contributed by atoms with van der Waals surface area (Å²) in [5.74, 6) is 1.65. The van der Waals surface area contributed by atoms with E-state index in [1.807, 2.05) is 55.5 Å². The first-order chi connectivity index (χ1) is 12.2. The van der Waals surface area contributed by atoms with Crippen LogP contribution in [0.3, 0.4) is 0 Å². The van der Waals surface area contributed by atoms with Crippen LogP contribution in [0.5, 0.6) is 11.5 Å².